The van der Waals surface area contributed by atoms with E-state index in [-0.39, 0.29) is 5.78 Å². The quantitative estimate of drug-likeness (QED) is 0.534. The molecule has 0 atom stereocenters. The minimum atomic E-state index is 0.0425. The van der Waals surface area contributed by atoms with Gasteiger partial charge in [-0.3, -0.25) is 4.79 Å². The Bertz CT molecular complexity index is 280. The molecule has 0 aliphatic carbocycles. The third-order valence-electron chi connectivity index (χ3n) is 1.78. The molecule has 1 rings (SSSR count). The Morgan fingerprint density at radius 1 is 1.69 bits per heavy atom. The van der Waals surface area contributed by atoms with Crippen molar-refractivity contribution in [2.24, 2.45) is 7.05 Å². The van der Waals surface area contributed by atoms with E-state index in [4.69, 9.17) is 0 Å². The summed E-state index contributed by atoms with van der Waals surface area (Å²) < 4.78 is 1.73. The lowest BCUT2D eigenvalue weighted by Gasteiger charge is -2.01. The molecule has 0 bridgehead atoms. The number of imidazole rings is 1. The first-order valence-electron chi connectivity index (χ1n) is 4.47. The van der Waals surface area contributed by atoms with Crippen LogP contribution >= 0.6 is 0 Å². The number of ketones is 1. The molecule has 4 heteroatoms. The Labute approximate surface area is 78.0 Å². The zero-order valence-electron chi connectivity index (χ0n) is 8.08. The summed E-state index contributed by atoms with van der Waals surface area (Å²) in [6, 6.07) is 0. The molecule has 0 aliphatic rings. The van der Waals surface area contributed by atoms with E-state index in [9.17, 15) is 4.79 Å². The zero-order chi connectivity index (χ0) is 9.68. The SMILES string of the molecule is CCCNCC(=O)c1nccn1C. The highest BCUT2D eigenvalue weighted by Gasteiger charge is 2.08. The van der Waals surface area contributed by atoms with Crippen LogP contribution in [0.5, 0.6) is 0 Å². The first-order valence-corrected chi connectivity index (χ1v) is 4.47. The molecule has 0 unspecified atom stereocenters. The fraction of sp³-hybridized carbons (Fsp3) is 0.556. The fourth-order valence-electron chi connectivity index (χ4n) is 1.09. The van der Waals surface area contributed by atoms with Crippen LogP contribution in [0.15, 0.2) is 12.4 Å². The van der Waals surface area contributed by atoms with Gasteiger partial charge in [-0.15, -0.1) is 0 Å². The summed E-state index contributed by atoms with van der Waals surface area (Å²) in [5, 5.41) is 3.05. The first-order chi connectivity index (χ1) is 6.25. The number of nitrogens with one attached hydrogen (secondary N) is 1. The number of aryl methyl sites for hydroxylation is 1. The van der Waals surface area contributed by atoms with E-state index in [1.165, 1.54) is 0 Å². The van der Waals surface area contributed by atoms with Gasteiger partial charge in [0, 0.05) is 19.4 Å². The maximum Gasteiger partial charge on any atom is 0.211 e. The van der Waals surface area contributed by atoms with E-state index in [0.29, 0.717) is 12.4 Å². The van der Waals surface area contributed by atoms with E-state index in [2.05, 4.69) is 17.2 Å². The predicted molar refractivity (Wildman–Crippen MR) is 50.7 cm³/mol. The highest BCUT2D eigenvalue weighted by atomic mass is 16.1. The van der Waals surface area contributed by atoms with Crippen molar-refractivity contribution >= 4 is 5.78 Å². The van der Waals surface area contributed by atoms with Gasteiger partial charge < -0.3 is 9.88 Å². The van der Waals surface area contributed by atoms with E-state index in [1.54, 1.807) is 17.0 Å². The van der Waals surface area contributed by atoms with Crippen molar-refractivity contribution in [1.82, 2.24) is 14.9 Å². The van der Waals surface area contributed by atoms with Crippen LogP contribution in [-0.2, 0) is 7.05 Å². The van der Waals surface area contributed by atoms with Gasteiger partial charge in [-0.25, -0.2) is 4.98 Å². The average Bonchev–Trinajstić information content (AvgIpc) is 2.52. The maximum absolute atomic E-state index is 11.5. The van der Waals surface area contributed by atoms with E-state index in [0.717, 1.165) is 13.0 Å². The summed E-state index contributed by atoms with van der Waals surface area (Å²) in [4.78, 5) is 15.4. The summed E-state index contributed by atoms with van der Waals surface area (Å²) in [6.45, 7) is 3.31. The number of carbonyl (C=O) groups is 1. The normalized spacial score (nSPS) is 10.3. The fourth-order valence-corrected chi connectivity index (χ4v) is 1.09. The highest BCUT2D eigenvalue weighted by molar-refractivity contribution is 5.94. The average molecular weight is 181 g/mol. The second kappa shape index (κ2) is 4.77. The lowest BCUT2D eigenvalue weighted by Crippen LogP contribution is -2.25. The first kappa shape index (κ1) is 9.92. The van der Waals surface area contributed by atoms with Gasteiger partial charge in [-0.05, 0) is 13.0 Å². The number of Topliss-reactive ketones (excluding diaryl/α,β-unsaturated/α-hetero) is 1. The molecule has 1 heterocycles. The van der Waals surface area contributed by atoms with Crippen LogP contribution in [0.4, 0.5) is 0 Å². The zero-order valence-corrected chi connectivity index (χ0v) is 8.08. The maximum atomic E-state index is 11.5. The molecular formula is C9H15N3O. The summed E-state index contributed by atoms with van der Waals surface area (Å²) >= 11 is 0. The molecule has 0 saturated heterocycles. The lowest BCUT2D eigenvalue weighted by molar-refractivity contribution is 0.0978. The summed E-state index contributed by atoms with van der Waals surface area (Å²) in [5.41, 5.74) is 0. The molecule has 4 nitrogen and oxygen atoms in total. The van der Waals surface area contributed by atoms with Crippen LogP contribution in [0.1, 0.15) is 24.0 Å². The Balaban J connectivity index is 2.45. The molecule has 1 aromatic rings. The van der Waals surface area contributed by atoms with Crippen molar-refractivity contribution in [3.63, 3.8) is 0 Å². The number of carbonyl (C=O) groups excluding carboxylic acids is 1. The van der Waals surface area contributed by atoms with Crippen molar-refractivity contribution in [2.75, 3.05) is 13.1 Å². The Kier molecular flexibility index (Phi) is 3.64. The number of hydrogen-bond acceptors (Lipinski definition) is 3. The van der Waals surface area contributed by atoms with Crippen LogP contribution in [-0.4, -0.2) is 28.4 Å². The largest absolute Gasteiger partial charge is 0.332 e. The second-order valence-corrected chi connectivity index (χ2v) is 2.96. The molecule has 0 amide bonds. The molecule has 0 spiro atoms. The van der Waals surface area contributed by atoms with Gasteiger partial charge in [-0.1, -0.05) is 6.92 Å². The summed E-state index contributed by atoms with van der Waals surface area (Å²) in [5.74, 6) is 0.560. The lowest BCUT2D eigenvalue weighted by atomic mass is 10.3. The molecule has 0 aromatic carbocycles. The summed E-state index contributed by atoms with van der Waals surface area (Å²) in [7, 11) is 1.82. The molecule has 1 aromatic heterocycles. The predicted octanol–water partition coefficient (Wildman–Crippen LogP) is 0.602. The minimum absolute atomic E-state index is 0.0425. The molecule has 0 saturated carbocycles. The van der Waals surface area contributed by atoms with Crippen LogP contribution in [0.25, 0.3) is 0 Å². The number of nitrogens with zero attached hydrogens (tertiary/aromatic N) is 2. The van der Waals surface area contributed by atoms with Gasteiger partial charge in [-0.2, -0.15) is 0 Å². The van der Waals surface area contributed by atoms with Crippen LogP contribution in [0.3, 0.4) is 0 Å². The second-order valence-electron chi connectivity index (χ2n) is 2.96. The van der Waals surface area contributed by atoms with E-state index >= 15 is 0 Å². The third kappa shape index (κ3) is 2.66. The van der Waals surface area contributed by atoms with Crippen LogP contribution in [0, 0.1) is 0 Å². The van der Waals surface area contributed by atoms with Gasteiger partial charge in [0.2, 0.25) is 5.78 Å². The van der Waals surface area contributed by atoms with E-state index in [1.807, 2.05) is 7.05 Å². The molecule has 0 fully saturated rings. The molecule has 13 heavy (non-hydrogen) atoms. The topological polar surface area (TPSA) is 46.9 Å². The Morgan fingerprint density at radius 3 is 3.00 bits per heavy atom. The smallest absolute Gasteiger partial charge is 0.211 e. The number of aromatic nitrogens is 2. The van der Waals surface area contributed by atoms with Crippen molar-refractivity contribution in [2.45, 2.75) is 13.3 Å². The van der Waals surface area contributed by atoms with Crippen LogP contribution < -0.4 is 5.32 Å². The molecule has 1 N–H and O–H groups in total. The van der Waals surface area contributed by atoms with Gasteiger partial charge >= 0.3 is 0 Å². The third-order valence-corrected chi connectivity index (χ3v) is 1.78. The van der Waals surface area contributed by atoms with Gasteiger partial charge in [0.1, 0.15) is 0 Å². The molecular weight excluding hydrogens is 166 g/mol. The Hall–Kier alpha value is -1.16. The standard InChI is InChI=1S/C9H15N3O/c1-3-4-10-7-8(13)9-11-5-6-12(9)2/h5-6,10H,3-4,7H2,1-2H3. The van der Waals surface area contributed by atoms with Gasteiger partial charge in [0.25, 0.3) is 0 Å². The number of hydrogen-bond donors (Lipinski definition) is 1. The monoisotopic (exact) mass is 181 g/mol. The van der Waals surface area contributed by atoms with Crippen LogP contribution in [0.2, 0.25) is 0 Å². The highest BCUT2D eigenvalue weighted by Crippen LogP contribution is 1.94. The van der Waals surface area contributed by atoms with Gasteiger partial charge in [0.15, 0.2) is 5.82 Å². The van der Waals surface area contributed by atoms with E-state index < -0.39 is 0 Å². The van der Waals surface area contributed by atoms with Crippen molar-refractivity contribution < 1.29 is 4.79 Å². The summed E-state index contributed by atoms with van der Waals surface area (Å²) in [6.07, 6.45) is 4.44. The van der Waals surface area contributed by atoms with Gasteiger partial charge in [0.05, 0.1) is 6.54 Å². The molecule has 0 aliphatic heterocycles. The molecule has 0 radical (unpaired) electrons. The van der Waals surface area contributed by atoms with Crippen molar-refractivity contribution in [1.29, 1.82) is 0 Å². The van der Waals surface area contributed by atoms with Crippen molar-refractivity contribution in [3.8, 4) is 0 Å². The number of rotatable bonds is 5. The minimum Gasteiger partial charge on any atom is -0.332 e. The van der Waals surface area contributed by atoms with Crippen molar-refractivity contribution in [3.05, 3.63) is 18.2 Å². The Morgan fingerprint density at radius 2 is 2.46 bits per heavy atom. The molecule has 72 valence electrons.